The zero-order valence-electron chi connectivity index (χ0n) is 15.0. The van der Waals surface area contributed by atoms with Crippen LogP contribution < -0.4 is 4.90 Å². The maximum Gasteiger partial charge on any atom is 0.425 e. The van der Waals surface area contributed by atoms with Crippen molar-refractivity contribution >= 4 is 41.4 Å². The fourth-order valence-electron chi connectivity index (χ4n) is 1.59. The fraction of sp³-hybridized carbons (Fsp3) is 0.562. The molecule has 1 heterocycles. The van der Waals surface area contributed by atoms with E-state index in [4.69, 9.17) is 21.1 Å². The standard InChI is InChI=1S/C16H23ClN2O4S/c1-15(2,3)22-13(20)19(14(21)23-16(4,5)6)12-10(24-7)8-9-11(17)18-12/h8-9H,1-7H3. The first-order chi connectivity index (χ1) is 10.8. The molecule has 0 radical (unpaired) electrons. The second kappa shape index (κ2) is 7.61. The normalized spacial score (nSPS) is 11.8. The van der Waals surface area contributed by atoms with Gasteiger partial charge in [0.05, 0.1) is 4.90 Å². The Morgan fingerprint density at radius 3 is 1.88 bits per heavy atom. The Bertz CT molecular complexity index is 595. The van der Waals surface area contributed by atoms with E-state index in [9.17, 15) is 9.59 Å². The van der Waals surface area contributed by atoms with Crippen LogP contribution >= 0.6 is 23.4 Å². The summed E-state index contributed by atoms with van der Waals surface area (Å²) in [5.74, 6) is 0.0819. The van der Waals surface area contributed by atoms with E-state index < -0.39 is 23.4 Å². The Labute approximate surface area is 151 Å². The number of nitrogens with zero attached hydrogens (tertiary/aromatic N) is 2. The van der Waals surface area contributed by atoms with Crippen LogP contribution in [0, 0.1) is 0 Å². The zero-order valence-corrected chi connectivity index (χ0v) is 16.5. The van der Waals surface area contributed by atoms with Crippen molar-refractivity contribution in [2.45, 2.75) is 57.6 Å². The van der Waals surface area contributed by atoms with Crippen LogP contribution in [0.3, 0.4) is 0 Å². The molecule has 0 aliphatic carbocycles. The van der Waals surface area contributed by atoms with Crippen LogP contribution in [0.15, 0.2) is 17.0 Å². The maximum absolute atomic E-state index is 12.6. The van der Waals surface area contributed by atoms with Gasteiger partial charge in [-0.1, -0.05) is 11.6 Å². The van der Waals surface area contributed by atoms with Gasteiger partial charge in [-0.05, 0) is 59.9 Å². The number of amides is 2. The van der Waals surface area contributed by atoms with Gasteiger partial charge in [0.2, 0.25) is 0 Å². The molecule has 24 heavy (non-hydrogen) atoms. The quantitative estimate of drug-likeness (QED) is 0.527. The predicted octanol–water partition coefficient (Wildman–Crippen LogP) is 5.13. The minimum absolute atomic E-state index is 0.0819. The summed E-state index contributed by atoms with van der Waals surface area (Å²) in [4.78, 5) is 30.6. The molecule has 0 bridgehead atoms. The van der Waals surface area contributed by atoms with E-state index in [2.05, 4.69) is 4.98 Å². The molecule has 2 amide bonds. The highest BCUT2D eigenvalue weighted by molar-refractivity contribution is 7.98. The van der Waals surface area contributed by atoms with Crippen LogP contribution in [0.4, 0.5) is 15.4 Å². The second-order valence-corrected chi connectivity index (χ2v) is 8.19. The monoisotopic (exact) mass is 374 g/mol. The Morgan fingerprint density at radius 2 is 1.50 bits per heavy atom. The van der Waals surface area contributed by atoms with Crippen molar-refractivity contribution in [3.05, 3.63) is 17.3 Å². The molecule has 1 aromatic rings. The highest BCUT2D eigenvalue weighted by Gasteiger charge is 2.35. The van der Waals surface area contributed by atoms with Gasteiger partial charge in [-0.15, -0.1) is 11.8 Å². The van der Waals surface area contributed by atoms with Gasteiger partial charge >= 0.3 is 12.2 Å². The van der Waals surface area contributed by atoms with Crippen LogP contribution in [0.25, 0.3) is 0 Å². The predicted molar refractivity (Wildman–Crippen MR) is 96.0 cm³/mol. The number of hydrogen-bond donors (Lipinski definition) is 0. The molecule has 0 N–H and O–H groups in total. The molecule has 0 saturated carbocycles. The number of carbonyl (C=O) groups is 2. The summed E-state index contributed by atoms with van der Waals surface area (Å²) in [6.45, 7) is 10.2. The van der Waals surface area contributed by atoms with E-state index in [0.29, 0.717) is 4.90 Å². The van der Waals surface area contributed by atoms with Crippen molar-refractivity contribution in [1.29, 1.82) is 0 Å². The van der Waals surface area contributed by atoms with Crippen LogP contribution in [0.2, 0.25) is 5.15 Å². The van der Waals surface area contributed by atoms with Crippen LogP contribution in [0.5, 0.6) is 0 Å². The number of aromatic nitrogens is 1. The fourth-order valence-corrected chi connectivity index (χ4v) is 2.26. The lowest BCUT2D eigenvalue weighted by Gasteiger charge is -2.28. The minimum Gasteiger partial charge on any atom is -0.443 e. The number of imide groups is 1. The summed E-state index contributed by atoms with van der Waals surface area (Å²) in [7, 11) is 0. The van der Waals surface area contributed by atoms with Crippen LogP contribution in [-0.2, 0) is 9.47 Å². The summed E-state index contributed by atoms with van der Waals surface area (Å²) in [5, 5.41) is 0.153. The first kappa shape index (κ1) is 20.6. The Hall–Kier alpha value is -1.47. The lowest BCUT2D eigenvalue weighted by atomic mass is 10.2. The number of thioether (sulfide) groups is 1. The molecule has 0 atom stereocenters. The van der Waals surface area contributed by atoms with Crippen molar-refractivity contribution in [3.63, 3.8) is 0 Å². The van der Waals surface area contributed by atoms with E-state index in [-0.39, 0.29) is 11.0 Å². The summed E-state index contributed by atoms with van der Waals surface area (Å²) < 4.78 is 10.6. The molecular weight excluding hydrogens is 352 g/mol. The van der Waals surface area contributed by atoms with Gasteiger partial charge in [-0.25, -0.2) is 14.6 Å². The molecule has 0 spiro atoms. The summed E-state index contributed by atoms with van der Waals surface area (Å²) >= 11 is 7.27. The minimum atomic E-state index is -0.873. The van der Waals surface area contributed by atoms with Crippen molar-refractivity contribution < 1.29 is 19.1 Å². The summed E-state index contributed by atoms with van der Waals surface area (Å²) in [6, 6.07) is 3.26. The van der Waals surface area contributed by atoms with Crippen molar-refractivity contribution in [2.75, 3.05) is 11.2 Å². The molecule has 8 heteroatoms. The number of ether oxygens (including phenoxy) is 2. The number of carbonyl (C=O) groups excluding carboxylic acids is 2. The van der Waals surface area contributed by atoms with Crippen molar-refractivity contribution in [1.82, 2.24) is 4.98 Å². The molecule has 0 aliphatic rings. The molecule has 1 rings (SSSR count). The zero-order chi connectivity index (χ0) is 18.7. The molecule has 134 valence electrons. The molecule has 1 aromatic heterocycles. The number of hydrogen-bond acceptors (Lipinski definition) is 6. The molecular formula is C16H23ClN2O4S. The highest BCUT2D eigenvalue weighted by atomic mass is 35.5. The van der Waals surface area contributed by atoms with Crippen molar-refractivity contribution in [2.24, 2.45) is 0 Å². The number of rotatable bonds is 2. The topological polar surface area (TPSA) is 68.7 Å². The molecule has 0 saturated heterocycles. The number of halogens is 1. The lowest BCUT2D eigenvalue weighted by molar-refractivity contribution is 0.0428. The van der Waals surface area contributed by atoms with Gasteiger partial charge in [0.25, 0.3) is 0 Å². The molecule has 6 nitrogen and oxygen atoms in total. The Morgan fingerprint density at radius 1 is 1.04 bits per heavy atom. The summed E-state index contributed by atoms with van der Waals surface area (Å²) in [6.07, 6.45) is 0.0557. The van der Waals surface area contributed by atoms with Crippen LogP contribution in [-0.4, -0.2) is 34.6 Å². The highest BCUT2D eigenvalue weighted by Crippen LogP contribution is 2.30. The van der Waals surface area contributed by atoms with Crippen LogP contribution in [0.1, 0.15) is 41.5 Å². The summed E-state index contributed by atoms with van der Waals surface area (Å²) in [5.41, 5.74) is -1.56. The smallest absolute Gasteiger partial charge is 0.425 e. The third-order valence-corrected chi connectivity index (χ3v) is 3.36. The van der Waals surface area contributed by atoms with Gasteiger partial charge < -0.3 is 9.47 Å². The van der Waals surface area contributed by atoms with Gasteiger partial charge in [-0.2, -0.15) is 4.90 Å². The van der Waals surface area contributed by atoms with E-state index in [0.717, 1.165) is 4.90 Å². The van der Waals surface area contributed by atoms with E-state index >= 15 is 0 Å². The molecule has 0 aromatic carbocycles. The van der Waals surface area contributed by atoms with Gasteiger partial charge in [0, 0.05) is 0 Å². The lowest BCUT2D eigenvalue weighted by Crippen LogP contribution is -2.44. The average Bonchev–Trinajstić information content (AvgIpc) is 2.34. The first-order valence-electron chi connectivity index (χ1n) is 7.30. The molecule has 0 aliphatic heterocycles. The third kappa shape index (κ3) is 6.20. The molecule has 0 unspecified atom stereocenters. The SMILES string of the molecule is CSc1ccc(Cl)nc1N(C(=O)OC(C)(C)C)C(=O)OC(C)(C)C. The van der Waals surface area contributed by atoms with E-state index in [1.807, 2.05) is 0 Å². The maximum atomic E-state index is 12.6. The van der Waals surface area contributed by atoms with Gasteiger partial charge in [-0.3, -0.25) is 0 Å². The largest absolute Gasteiger partial charge is 0.443 e. The van der Waals surface area contributed by atoms with E-state index in [1.165, 1.54) is 11.8 Å². The first-order valence-corrected chi connectivity index (χ1v) is 8.91. The van der Waals surface area contributed by atoms with Gasteiger partial charge in [0.15, 0.2) is 5.82 Å². The second-order valence-electron chi connectivity index (χ2n) is 6.96. The molecule has 0 fully saturated rings. The third-order valence-electron chi connectivity index (χ3n) is 2.39. The van der Waals surface area contributed by atoms with Gasteiger partial charge in [0.1, 0.15) is 16.4 Å². The number of anilines is 1. The number of pyridine rings is 1. The van der Waals surface area contributed by atoms with E-state index in [1.54, 1.807) is 59.9 Å². The average molecular weight is 375 g/mol. The van der Waals surface area contributed by atoms with Crippen molar-refractivity contribution in [3.8, 4) is 0 Å². The Balaban J connectivity index is 3.35. The Kier molecular flexibility index (Phi) is 6.52.